The number of nitrogens with zero attached hydrogens (tertiary/aromatic N) is 3. The summed E-state index contributed by atoms with van der Waals surface area (Å²) in [6, 6.07) is 43.3. The molecule has 0 aliphatic heterocycles. The number of aromatic nitrogens is 3. The Labute approximate surface area is 222 Å². The van der Waals surface area contributed by atoms with Crippen LogP contribution >= 0.6 is 0 Å². The highest BCUT2D eigenvalue weighted by molar-refractivity contribution is 6.36. The predicted octanol–water partition coefficient (Wildman–Crippen LogP) is 9.18. The number of benzene rings is 6. The summed E-state index contributed by atoms with van der Waals surface area (Å²) in [5.74, 6) is 0. The first-order chi connectivity index (χ1) is 19.4. The van der Waals surface area contributed by atoms with E-state index in [9.17, 15) is 0 Å². The van der Waals surface area contributed by atoms with E-state index in [2.05, 4.69) is 129 Å². The van der Waals surface area contributed by atoms with E-state index in [1.54, 1.807) is 0 Å². The van der Waals surface area contributed by atoms with E-state index in [1.807, 2.05) is 6.07 Å². The smallest absolute Gasteiger partial charge is 0.181 e. The normalized spacial score (nSPS) is 12.1. The Morgan fingerprint density at radius 1 is 0.487 bits per heavy atom. The Bertz CT molecular complexity index is 2390. The zero-order valence-corrected chi connectivity index (χ0v) is 20.9. The molecular formula is C35H21N3O. The Balaban J connectivity index is 1.62. The van der Waals surface area contributed by atoms with Crippen LogP contribution in [0, 0.1) is 0 Å². The molecule has 0 aliphatic carbocycles. The minimum atomic E-state index is 0.780. The van der Waals surface area contributed by atoms with Crippen molar-refractivity contribution in [2.75, 3.05) is 0 Å². The van der Waals surface area contributed by atoms with Gasteiger partial charge in [-0.3, -0.25) is 0 Å². The molecule has 9 rings (SSSR count). The van der Waals surface area contributed by atoms with Crippen molar-refractivity contribution in [3.05, 3.63) is 128 Å². The molecule has 3 aromatic heterocycles. The second-order valence-electron chi connectivity index (χ2n) is 10.0. The Morgan fingerprint density at radius 3 is 1.87 bits per heavy atom. The summed E-state index contributed by atoms with van der Waals surface area (Å²) in [4.78, 5) is 4.35. The number of hydrogen-bond acceptors (Lipinski definition) is 2. The van der Waals surface area contributed by atoms with Gasteiger partial charge in [0.05, 0.1) is 27.8 Å². The van der Waals surface area contributed by atoms with E-state index in [-0.39, 0.29) is 0 Å². The van der Waals surface area contributed by atoms with Gasteiger partial charge in [-0.1, -0.05) is 78.9 Å². The molecule has 0 spiro atoms. The third-order valence-electron chi connectivity index (χ3n) is 8.03. The zero-order valence-electron chi connectivity index (χ0n) is 20.9. The standard InChI is InChI=1S/C35H21N3O/c1-2-10-22(11-3-1)37-29-16-8-6-14-26(29)32-24-12-4-5-13-25(24)34-33(35(32)37)27-15-7-9-17-30(27)38(34)23-18-19-28-31(20-23)39-21-36-28/h1-21H. The van der Waals surface area contributed by atoms with Crippen molar-refractivity contribution in [3.8, 4) is 11.4 Å². The minimum Gasteiger partial charge on any atom is -0.443 e. The van der Waals surface area contributed by atoms with Gasteiger partial charge in [0.15, 0.2) is 12.0 Å². The zero-order chi connectivity index (χ0) is 25.5. The predicted molar refractivity (Wildman–Crippen MR) is 160 cm³/mol. The van der Waals surface area contributed by atoms with E-state index in [0.717, 1.165) is 28.0 Å². The monoisotopic (exact) mass is 499 g/mol. The lowest BCUT2D eigenvalue weighted by Crippen LogP contribution is -1.96. The summed E-state index contributed by atoms with van der Waals surface area (Å²) in [5.41, 5.74) is 8.63. The maximum absolute atomic E-state index is 5.73. The van der Waals surface area contributed by atoms with Crippen molar-refractivity contribution >= 4 is 65.5 Å². The van der Waals surface area contributed by atoms with Crippen LogP contribution in [0.25, 0.3) is 76.9 Å². The Morgan fingerprint density at radius 2 is 1.10 bits per heavy atom. The van der Waals surface area contributed by atoms with Crippen LogP contribution in [0.4, 0.5) is 0 Å². The van der Waals surface area contributed by atoms with Crippen LogP contribution in [0.5, 0.6) is 0 Å². The van der Waals surface area contributed by atoms with Crippen LogP contribution in [0.2, 0.25) is 0 Å². The second-order valence-corrected chi connectivity index (χ2v) is 10.0. The summed E-state index contributed by atoms with van der Waals surface area (Å²) in [5, 5.41) is 7.49. The summed E-state index contributed by atoms with van der Waals surface area (Å²) in [6.07, 6.45) is 1.51. The molecule has 0 saturated heterocycles. The van der Waals surface area contributed by atoms with Gasteiger partial charge in [-0.2, -0.15) is 0 Å². The van der Waals surface area contributed by atoms with Gasteiger partial charge in [-0.25, -0.2) is 4.98 Å². The van der Waals surface area contributed by atoms with E-state index in [4.69, 9.17) is 4.42 Å². The number of para-hydroxylation sites is 3. The second kappa shape index (κ2) is 7.59. The molecule has 0 atom stereocenters. The van der Waals surface area contributed by atoms with Crippen LogP contribution in [-0.4, -0.2) is 14.1 Å². The van der Waals surface area contributed by atoms with Crippen molar-refractivity contribution in [2.24, 2.45) is 0 Å². The summed E-state index contributed by atoms with van der Waals surface area (Å²) >= 11 is 0. The van der Waals surface area contributed by atoms with Gasteiger partial charge in [0.25, 0.3) is 0 Å². The largest absolute Gasteiger partial charge is 0.443 e. The molecule has 6 aromatic carbocycles. The fourth-order valence-electron chi connectivity index (χ4n) is 6.49. The third-order valence-corrected chi connectivity index (χ3v) is 8.03. The number of fused-ring (bicyclic) bond motifs is 11. The molecule has 182 valence electrons. The number of hydrogen-bond donors (Lipinski definition) is 0. The first-order valence-electron chi connectivity index (χ1n) is 13.1. The van der Waals surface area contributed by atoms with Gasteiger partial charge in [0.1, 0.15) is 5.52 Å². The number of oxazole rings is 1. The van der Waals surface area contributed by atoms with E-state index >= 15 is 0 Å². The fraction of sp³-hybridized carbons (Fsp3) is 0. The van der Waals surface area contributed by atoms with Crippen molar-refractivity contribution in [2.45, 2.75) is 0 Å². The molecular weight excluding hydrogens is 478 g/mol. The van der Waals surface area contributed by atoms with Gasteiger partial charge >= 0.3 is 0 Å². The molecule has 0 N–H and O–H groups in total. The lowest BCUT2D eigenvalue weighted by molar-refractivity contribution is 0.602. The van der Waals surface area contributed by atoms with Gasteiger partial charge in [0, 0.05) is 38.7 Å². The van der Waals surface area contributed by atoms with E-state index in [1.165, 1.54) is 55.3 Å². The third kappa shape index (κ3) is 2.70. The molecule has 0 bridgehead atoms. The van der Waals surface area contributed by atoms with Gasteiger partial charge in [-0.05, 0) is 41.8 Å². The Hall–Kier alpha value is -5.35. The van der Waals surface area contributed by atoms with Crippen LogP contribution < -0.4 is 0 Å². The highest BCUT2D eigenvalue weighted by atomic mass is 16.3. The molecule has 0 unspecified atom stereocenters. The average Bonchev–Trinajstić information content (AvgIpc) is 3.70. The highest BCUT2D eigenvalue weighted by Crippen LogP contribution is 2.46. The molecule has 0 radical (unpaired) electrons. The van der Waals surface area contributed by atoms with Crippen molar-refractivity contribution in [1.82, 2.24) is 14.1 Å². The van der Waals surface area contributed by atoms with Crippen molar-refractivity contribution in [1.29, 1.82) is 0 Å². The quantitative estimate of drug-likeness (QED) is 0.238. The molecule has 0 saturated carbocycles. The van der Waals surface area contributed by atoms with Crippen molar-refractivity contribution < 1.29 is 4.42 Å². The van der Waals surface area contributed by atoms with Crippen LogP contribution in [0.15, 0.2) is 132 Å². The summed E-state index contributed by atoms with van der Waals surface area (Å²) in [6.45, 7) is 0. The molecule has 4 nitrogen and oxygen atoms in total. The fourth-order valence-corrected chi connectivity index (χ4v) is 6.49. The summed E-state index contributed by atoms with van der Waals surface area (Å²) < 4.78 is 10.6. The van der Waals surface area contributed by atoms with Crippen molar-refractivity contribution in [3.63, 3.8) is 0 Å². The topological polar surface area (TPSA) is 35.9 Å². The first-order valence-corrected chi connectivity index (χ1v) is 13.1. The molecule has 0 fully saturated rings. The molecule has 4 heteroatoms. The van der Waals surface area contributed by atoms with Crippen LogP contribution in [0.1, 0.15) is 0 Å². The molecule has 0 aliphatic rings. The van der Waals surface area contributed by atoms with Gasteiger partial charge < -0.3 is 13.6 Å². The number of rotatable bonds is 2. The summed E-state index contributed by atoms with van der Waals surface area (Å²) in [7, 11) is 0. The van der Waals surface area contributed by atoms with Crippen LogP contribution in [0.3, 0.4) is 0 Å². The highest BCUT2D eigenvalue weighted by Gasteiger charge is 2.24. The van der Waals surface area contributed by atoms with E-state index in [0.29, 0.717) is 0 Å². The average molecular weight is 500 g/mol. The molecule has 0 amide bonds. The lowest BCUT2D eigenvalue weighted by atomic mass is 9.99. The first kappa shape index (κ1) is 20.7. The Kier molecular flexibility index (Phi) is 4.02. The molecule has 39 heavy (non-hydrogen) atoms. The SMILES string of the molecule is c1ccc(-n2c3ccccc3c3c4ccccc4c4c(c5ccccc5n4-c4ccc5ncoc5c4)c32)cc1. The van der Waals surface area contributed by atoms with Gasteiger partial charge in [0.2, 0.25) is 0 Å². The van der Waals surface area contributed by atoms with E-state index < -0.39 is 0 Å². The molecule has 3 heterocycles. The van der Waals surface area contributed by atoms with Gasteiger partial charge in [-0.15, -0.1) is 0 Å². The minimum absolute atomic E-state index is 0.780. The maximum Gasteiger partial charge on any atom is 0.181 e. The molecule has 9 aromatic rings. The lowest BCUT2D eigenvalue weighted by Gasteiger charge is -2.13. The van der Waals surface area contributed by atoms with Crippen LogP contribution in [-0.2, 0) is 0 Å². The maximum atomic E-state index is 5.73.